The van der Waals surface area contributed by atoms with Crippen molar-refractivity contribution in [3.8, 4) is 0 Å². The average molecular weight is 358 g/mol. The molecular weight excluding hydrogens is 347 g/mol. The van der Waals surface area contributed by atoms with Gasteiger partial charge in [0, 0.05) is 18.8 Å². The molecule has 1 aromatic carbocycles. The fourth-order valence-electron chi connectivity index (χ4n) is 2.31. The zero-order valence-electron chi connectivity index (χ0n) is 12.3. The maximum atomic E-state index is 12.7. The molecule has 0 aliphatic carbocycles. The fourth-order valence-corrected chi connectivity index (χ4v) is 2.60. The molecule has 2 heterocycles. The molecule has 2 aromatic rings. The molecule has 3 rings (SSSR count). The van der Waals surface area contributed by atoms with Gasteiger partial charge in [0.05, 0.1) is 16.1 Å². The van der Waals surface area contributed by atoms with Gasteiger partial charge in [-0.25, -0.2) is 9.78 Å². The van der Waals surface area contributed by atoms with Crippen LogP contribution in [0, 0.1) is 0 Å². The van der Waals surface area contributed by atoms with Crippen LogP contribution in [0.2, 0.25) is 5.02 Å². The van der Waals surface area contributed by atoms with E-state index in [1.54, 1.807) is 24.3 Å². The number of benzene rings is 1. The van der Waals surface area contributed by atoms with Gasteiger partial charge in [0.1, 0.15) is 0 Å². The number of cyclic esters (lactones) is 1. The summed E-state index contributed by atoms with van der Waals surface area (Å²) in [5, 5.41) is 1.13. The predicted molar refractivity (Wildman–Crippen MR) is 80.4 cm³/mol. The summed E-state index contributed by atoms with van der Waals surface area (Å²) < 4.78 is 43.2. The van der Waals surface area contributed by atoms with E-state index in [0.717, 1.165) is 6.07 Å². The Morgan fingerprint density at radius 1 is 1.33 bits per heavy atom. The first-order valence-corrected chi connectivity index (χ1v) is 7.17. The van der Waals surface area contributed by atoms with Crippen molar-refractivity contribution in [2.75, 3.05) is 12.1 Å². The molecule has 1 aromatic heterocycles. The number of pyridine rings is 1. The number of carbonyl (C=O) groups excluding carboxylic acids is 1. The molecule has 24 heavy (non-hydrogen) atoms. The van der Waals surface area contributed by atoms with E-state index in [0.29, 0.717) is 17.3 Å². The molecule has 126 valence electrons. The molecule has 0 fully saturated rings. The Labute approximate surface area is 140 Å². The molecule has 0 amide bonds. The van der Waals surface area contributed by atoms with Crippen LogP contribution in [0.4, 0.5) is 19.0 Å². The van der Waals surface area contributed by atoms with Gasteiger partial charge in [0.2, 0.25) is 0 Å². The second kappa shape index (κ2) is 5.95. The van der Waals surface area contributed by atoms with E-state index in [-0.39, 0.29) is 10.8 Å². The van der Waals surface area contributed by atoms with Crippen LogP contribution < -0.4 is 10.4 Å². The van der Waals surface area contributed by atoms with Crippen molar-refractivity contribution in [2.24, 2.45) is 0 Å². The highest BCUT2D eigenvalue weighted by molar-refractivity contribution is 6.33. The lowest BCUT2D eigenvalue weighted by Gasteiger charge is -2.24. The van der Waals surface area contributed by atoms with Gasteiger partial charge in [-0.05, 0) is 12.1 Å². The number of fused-ring (bicyclic) bond motifs is 1. The highest BCUT2D eigenvalue weighted by atomic mass is 35.5. The zero-order chi connectivity index (χ0) is 17.5. The molecule has 0 saturated carbocycles. The molecular formula is C15H11ClF3N3O2. The number of anilines is 1. The first kappa shape index (κ1) is 16.5. The maximum Gasteiger partial charge on any atom is 0.417 e. The van der Waals surface area contributed by atoms with Gasteiger partial charge in [-0.3, -0.25) is 5.01 Å². The number of rotatable bonds is 3. The third-order valence-corrected chi connectivity index (χ3v) is 3.74. The summed E-state index contributed by atoms with van der Waals surface area (Å²) in [5.74, 6) is -0.409. The molecule has 0 saturated heterocycles. The number of hydrogen-bond donors (Lipinski definition) is 1. The molecule has 0 bridgehead atoms. The van der Waals surface area contributed by atoms with Crippen molar-refractivity contribution in [1.29, 1.82) is 0 Å². The molecule has 0 spiro atoms. The summed E-state index contributed by atoms with van der Waals surface area (Å²) in [5.41, 5.74) is 2.95. The second-order valence-corrected chi connectivity index (χ2v) is 5.50. The van der Waals surface area contributed by atoms with Crippen molar-refractivity contribution >= 4 is 23.4 Å². The average Bonchev–Trinajstić information content (AvgIpc) is 2.83. The minimum atomic E-state index is -4.53. The van der Waals surface area contributed by atoms with E-state index in [1.807, 2.05) is 0 Å². The maximum absolute atomic E-state index is 12.7. The van der Waals surface area contributed by atoms with Crippen LogP contribution in [-0.2, 0) is 10.9 Å². The largest absolute Gasteiger partial charge is 0.437 e. The van der Waals surface area contributed by atoms with Gasteiger partial charge in [-0.1, -0.05) is 29.8 Å². The van der Waals surface area contributed by atoms with E-state index >= 15 is 0 Å². The van der Waals surface area contributed by atoms with E-state index < -0.39 is 23.9 Å². The van der Waals surface area contributed by atoms with Crippen molar-refractivity contribution in [3.05, 3.63) is 58.2 Å². The number of nitrogens with one attached hydrogen (secondary N) is 1. The number of hydrazine groups is 1. The highest BCUT2D eigenvalue weighted by Gasteiger charge is 2.33. The summed E-state index contributed by atoms with van der Waals surface area (Å²) >= 11 is 5.89. The Bertz CT molecular complexity index is 798. The topological polar surface area (TPSA) is 54.5 Å². The van der Waals surface area contributed by atoms with E-state index in [1.165, 1.54) is 12.1 Å². The van der Waals surface area contributed by atoms with Crippen LogP contribution in [0.1, 0.15) is 27.7 Å². The molecule has 0 unspecified atom stereocenters. The van der Waals surface area contributed by atoms with Crippen LogP contribution in [-0.4, -0.2) is 18.0 Å². The van der Waals surface area contributed by atoms with Gasteiger partial charge in [0.25, 0.3) is 0 Å². The molecule has 0 radical (unpaired) electrons. The first-order chi connectivity index (χ1) is 11.3. The summed E-state index contributed by atoms with van der Waals surface area (Å²) in [4.78, 5) is 15.5. The fraction of sp³-hybridized carbons (Fsp3) is 0.200. The monoisotopic (exact) mass is 357 g/mol. The summed E-state index contributed by atoms with van der Waals surface area (Å²) in [7, 11) is 1.51. The molecule has 9 heteroatoms. The minimum absolute atomic E-state index is 0.0742. The van der Waals surface area contributed by atoms with Gasteiger partial charge in [-0.15, -0.1) is 0 Å². The number of carbonyl (C=O) groups is 1. The van der Waals surface area contributed by atoms with Gasteiger partial charge in [-0.2, -0.15) is 18.6 Å². The number of ether oxygens (including phenoxy) is 1. The number of hydrogen-bond acceptors (Lipinski definition) is 5. The predicted octanol–water partition coefficient (Wildman–Crippen LogP) is 3.56. The Morgan fingerprint density at radius 2 is 2.04 bits per heavy atom. The Kier molecular flexibility index (Phi) is 4.10. The number of nitrogens with zero attached hydrogens (tertiary/aromatic N) is 2. The Morgan fingerprint density at radius 3 is 2.71 bits per heavy atom. The van der Waals surface area contributed by atoms with Crippen LogP contribution in [0.25, 0.3) is 0 Å². The normalized spacial score (nSPS) is 16.7. The van der Waals surface area contributed by atoms with E-state index in [2.05, 4.69) is 10.4 Å². The number of alkyl halides is 3. The first-order valence-electron chi connectivity index (χ1n) is 6.80. The standard InChI is InChI=1S/C15H11ClF3N3O2/c1-22(12-11(16)6-8(7-20-12)15(17,18)19)21-13-9-4-2-3-5-10(9)14(23)24-13/h2-7,13,21H,1H3/t13-/m1/s1. The van der Waals surface area contributed by atoms with Crippen molar-refractivity contribution in [1.82, 2.24) is 10.4 Å². The van der Waals surface area contributed by atoms with E-state index in [9.17, 15) is 18.0 Å². The second-order valence-electron chi connectivity index (χ2n) is 5.09. The smallest absolute Gasteiger partial charge is 0.417 e. The van der Waals surface area contributed by atoms with Crippen molar-refractivity contribution in [2.45, 2.75) is 12.4 Å². The SMILES string of the molecule is CN(N[C@@H]1OC(=O)c2ccccc21)c1ncc(C(F)(F)F)cc1Cl. The molecule has 1 N–H and O–H groups in total. The lowest BCUT2D eigenvalue weighted by Crippen LogP contribution is -2.38. The molecule has 1 aliphatic rings. The summed E-state index contributed by atoms with van der Waals surface area (Å²) in [6.07, 6.45) is -4.62. The molecule has 1 atom stereocenters. The quantitative estimate of drug-likeness (QED) is 0.672. The zero-order valence-corrected chi connectivity index (χ0v) is 13.0. The van der Waals surface area contributed by atoms with Crippen molar-refractivity contribution < 1.29 is 22.7 Å². The Hall–Kier alpha value is -2.32. The number of esters is 1. The molecule has 1 aliphatic heterocycles. The third-order valence-electron chi connectivity index (χ3n) is 3.47. The Balaban J connectivity index is 1.81. The van der Waals surface area contributed by atoms with Crippen molar-refractivity contribution in [3.63, 3.8) is 0 Å². The van der Waals surface area contributed by atoms with Crippen LogP contribution >= 0.6 is 11.6 Å². The van der Waals surface area contributed by atoms with Crippen LogP contribution in [0.3, 0.4) is 0 Å². The molecule has 5 nitrogen and oxygen atoms in total. The van der Waals surface area contributed by atoms with Gasteiger partial charge in [0.15, 0.2) is 12.0 Å². The van der Waals surface area contributed by atoms with Crippen LogP contribution in [0.5, 0.6) is 0 Å². The van der Waals surface area contributed by atoms with Gasteiger partial charge >= 0.3 is 12.1 Å². The number of halogens is 4. The highest BCUT2D eigenvalue weighted by Crippen LogP contribution is 2.34. The summed E-state index contributed by atoms with van der Waals surface area (Å²) in [6.45, 7) is 0. The third kappa shape index (κ3) is 3.02. The number of aromatic nitrogens is 1. The summed E-state index contributed by atoms with van der Waals surface area (Å²) in [6, 6.07) is 7.59. The van der Waals surface area contributed by atoms with E-state index in [4.69, 9.17) is 16.3 Å². The van der Waals surface area contributed by atoms with Crippen LogP contribution in [0.15, 0.2) is 36.5 Å². The lowest BCUT2D eigenvalue weighted by atomic mass is 10.1. The minimum Gasteiger partial charge on any atom is -0.437 e. The lowest BCUT2D eigenvalue weighted by molar-refractivity contribution is -0.137. The van der Waals surface area contributed by atoms with Gasteiger partial charge < -0.3 is 4.74 Å².